The minimum atomic E-state index is -0.196. The van der Waals surface area contributed by atoms with Crippen molar-refractivity contribution in [1.82, 2.24) is 0 Å². The molecule has 1 heteroatoms. The van der Waals surface area contributed by atoms with Crippen molar-refractivity contribution in [1.29, 1.82) is 0 Å². The monoisotopic (exact) mass is 1090 g/mol. The van der Waals surface area contributed by atoms with E-state index < -0.39 is 0 Å². The zero-order valence-electron chi connectivity index (χ0n) is 61.6. The van der Waals surface area contributed by atoms with Gasteiger partial charge in [-0.3, -0.25) is 4.79 Å². The van der Waals surface area contributed by atoms with Gasteiger partial charge < -0.3 is 0 Å². The molecule has 0 aromatic heterocycles. The SMILES string of the molecule is C.C.C.CC(C(C)(C)C)C(C)(C)C.CC(C)(C)C(=O)C(C)(C)C.CC(C)(C)C(C)(C)C(C)(C)C.CC(C)(C)CC(C)(C)C.CC(C)(C)CC(C)(C)C(C)(C)C.CC(C)(C)CCC(C)(C)C.CC(CC(C)(C)C)C(C)(C)C. The zero-order valence-corrected chi connectivity index (χ0v) is 61.6. The Balaban J connectivity index is -0.0000000832. The Labute approximate surface area is 493 Å². The molecule has 1 unspecified atom stereocenters. The standard InChI is InChI=1S/C12H26.2C11H24.2C10H22.C9H18O.C9H20.3CH4/c1-10(2,3)9-12(7,8)11(4,5)6;1-9(11(5,6)7)8-10(2,3)4;1-9(2,3)11(7,8)10(4,5)6;1-9(2,3)7-8-10(4,5)6;1-8(9(2,3)4)10(5,6)7;1-8(2,3)7(10)9(4,5)6;1-8(2,3)7-9(4,5)6;;;/h9H2,1-8H3;9H,8H2,1-7H3;1-8H3;7-8H2,1-6H3;8H,1-7H3;1-6H3;7H2,1-6H3;3*1H4. The molecule has 0 aliphatic carbocycles. The minimum Gasteiger partial charge on any atom is -0.299 e. The summed E-state index contributed by atoms with van der Waals surface area (Å²) >= 11 is 0. The second kappa shape index (κ2) is 33.7. The number of ketones is 1. The third kappa shape index (κ3) is 59.8. The van der Waals surface area contributed by atoms with Crippen LogP contribution in [0.5, 0.6) is 0 Å². The van der Waals surface area contributed by atoms with Crippen LogP contribution in [0.3, 0.4) is 0 Å². The Morgan fingerprint density at radius 3 is 0.553 bits per heavy atom. The quantitative estimate of drug-likeness (QED) is 0.275. The Morgan fingerprint density at radius 2 is 0.513 bits per heavy atom. The van der Waals surface area contributed by atoms with E-state index in [1.54, 1.807) is 0 Å². The maximum absolute atomic E-state index is 11.5. The summed E-state index contributed by atoms with van der Waals surface area (Å²) in [5.74, 6) is 1.89. The van der Waals surface area contributed by atoms with Gasteiger partial charge in [0, 0.05) is 10.8 Å². The highest BCUT2D eigenvalue weighted by Gasteiger charge is 2.42. The first kappa shape index (κ1) is 97.8. The van der Waals surface area contributed by atoms with Gasteiger partial charge in [-0.15, -0.1) is 0 Å². The largest absolute Gasteiger partial charge is 0.299 e. The van der Waals surface area contributed by atoms with E-state index in [2.05, 4.69) is 291 Å². The predicted octanol–water partition coefficient (Wildman–Crippen LogP) is 28.3. The summed E-state index contributed by atoms with van der Waals surface area (Å²) in [6, 6.07) is 0. The summed E-state index contributed by atoms with van der Waals surface area (Å²) in [7, 11) is 0. The molecule has 0 radical (unpaired) electrons. The molecule has 0 spiro atoms. The zero-order chi connectivity index (χ0) is 62.3. The van der Waals surface area contributed by atoms with Gasteiger partial charge in [0.1, 0.15) is 5.78 Å². The summed E-state index contributed by atoms with van der Waals surface area (Å²) in [6.07, 6.45) is 6.55. The summed E-state index contributed by atoms with van der Waals surface area (Å²) in [5, 5.41) is 0. The lowest BCUT2D eigenvalue weighted by Gasteiger charge is -2.49. The van der Waals surface area contributed by atoms with Crippen molar-refractivity contribution < 1.29 is 4.79 Å². The highest BCUT2D eigenvalue weighted by molar-refractivity contribution is 5.88. The highest BCUT2D eigenvalue weighted by Crippen LogP contribution is 2.51. The van der Waals surface area contributed by atoms with Crippen molar-refractivity contribution >= 4 is 5.78 Å². The molecule has 0 aromatic rings. The van der Waals surface area contributed by atoms with Crippen LogP contribution in [-0.2, 0) is 4.79 Å². The van der Waals surface area contributed by atoms with Crippen LogP contribution in [-0.4, -0.2) is 5.78 Å². The van der Waals surface area contributed by atoms with E-state index in [0.717, 1.165) is 11.8 Å². The normalized spacial score (nSPS) is 14.1. The molecule has 0 aliphatic heterocycles. The lowest BCUT2D eigenvalue weighted by molar-refractivity contribution is -0.134. The van der Waals surface area contributed by atoms with E-state index in [1.807, 2.05) is 41.5 Å². The number of Topliss-reactive ketones (excluding diaryl/α,β-unsaturated/α-hetero) is 1. The average Bonchev–Trinajstić information content (AvgIpc) is 2.97. The number of rotatable bonds is 3. The number of hydrogen-bond acceptors (Lipinski definition) is 1. The van der Waals surface area contributed by atoms with E-state index in [9.17, 15) is 4.79 Å². The number of carbonyl (C=O) groups excluding carboxylic acids is 1. The third-order valence-corrected chi connectivity index (χ3v) is 15.8. The summed E-state index contributed by atoms with van der Waals surface area (Å²) < 4.78 is 0. The smallest absolute Gasteiger partial charge is 0.143 e. The van der Waals surface area contributed by atoms with Gasteiger partial charge in [0.25, 0.3) is 0 Å². The average molecular weight is 1090 g/mol. The predicted molar refractivity (Wildman–Crippen MR) is 367 cm³/mol. The van der Waals surface area contributed by atoms with Crippen LogP contribution in [0.1, 0.15) is 387 Å². The van der Waals surface area contributed by atoms with Crippen LogP contribution in [0, 0.1) is 98.5 Å². The lowest BCUT2D eigenvalue weighted by Crippen LogP contribution is -2.41. The Bertz CT molecular complexity index is 1330. The van der Waals surface area contributed by atoms with Gasteiger partial charge in [-0.1, -0.05) is 355 Å². The fourth-order valence-corrected chi connectivity index (χ4v) is 8.71. The van der Waals surface area contributed by atoms with Crippen molar-refractivity contribution in [3.8, 4) is 0 Å². The van der Waals surface area contributed by atoms with Crippen molar-refractivity contribution in [3.63, 3.8) is 0 Å². The lowest BCUT2D eigenvalue weighted by atomic mass is 9.56. The van der Waals surface area contributed by atoms with Crippen LogP contribution >= 0.6 is 0 Å². The summed E-state index contributed by atoms with van der Waals surface area (Å²) in [5.41, 5.74) is 5.82. The summed E-state index contributed by atoms with van der Waals surface area (Å²) in [6.45, 7) is 109. The van der Waals surface area contributed by atoms with Gasteiger partial charge in [0.05, 0.1) is 0 Å². The van der Waals surface area contributed by atoms with Crippen molar-refractivity contribution in [2.75, 3.05) is 0 Å². The molecule has 0 bridgehead atoms. The van der Waals surface area contributed by atoms with E-state index >= 15 is 0 Å². The van der Waals surface area contributed by atoms with E-state index in [-0.39, 0.29) is 33.1 Å². The highest BCUT2D eigenvalue weighted by atomic mass is 16.1. The Morgan fingerprint density at radius 1 is 0.289 bits per heavy atom. The molecule has 0 aromatic carbocycles. The van der Waals surface area contributed by atoms with Gasteiger partial charge in [0.15, 0.2) is 0 Å². The molecule has 0 rings (SSSR count). The molecule has 0 fully saturated rings. The maximum atomic E-state index is 11.5. The van der Waals surface area contributed by atoms with Gasteiger partial charge in [0.2, 0.25) is 0 Å². The van der Waals surface area contributed by atoms with Crippen molar-refractivity contribution in [2.45, 2.75) is 387 Å². The Hall–Kier alpha value is -0.330. The van der Waals surface area contributed by atoms with Crippen LogP contribution in [0.4, 0.5) is 0 Å². The molecule has 0 N–H and O–H groups in total. The molecule has 0 saturated carbocycles. The summed E-state index contributed by atoms with van der Waals surface area (Å²) in [4.78, 5) is 11.5. The van der Waals surface area contributed by atoms with Gasteiger partial charge >= 0.3 is 0 Å². The van der Waals surface area contributed by atoms with Gasteiger partial charge in [-0.2, -0.15) is 0 Å². The first-order chi connectivity index (χ1) is 30.3. The third-order valence-electron chi connectivity index (χ3n) is 15.8. The first-order valence-corrected chi connectivity index (χ1v) is 29.9. The fraction of sp³-hybridized carbons (Fsp3) is 0.987. The molecule has 0 amide bonds. The molecular formula is C75H168O. The minimum absolute atomic E-state index is 0. The Kier molecular flexibility index (Phi) is 43.4. The fourth-order valence-electron chi connectivity index (χ4n) is 8.71. The van der Waals surface area contributed by atoms with E-state index in [1.165, 1.54) is 32.1 Å². The van der Waals surface area contributed by atoms with E-state index in [0.29, 0.717) is 81.6 Å². The first-order valence-electron chi connectivity index (χ1n) is 29.9. The second-order valence-electron chi connectivity index (χ2n) is 40.2. The van der Waals surface area contributed by atoms with Crippen molar-refractivity contribution in [2.24, 2.45) is 98.5 Å². The van der Waals surface area contributed by atoms with Crippen LogP contribution in [0.15, 0.2) is 0 Å². The van der Waals surface area contributed by atoms with E-state index in [4.69, 9.17) is 0 Å². The number of carbonyl (C=O) groups is 1. The molecule has 0 aliphatic rings. The molecule has 1 nitrogen and oxygen atoms in total. The molecule has 474 valence electrons. The topological polar surface area (TPSA) is 17.1 Å². The molecule has 0 saturated heterocycles. The number of hydrogen-bond donors (Lipinski definition) is 0. The second-order valence-corrected chi connectivity index (χ2v) is 40.2. The van der Waals surface area contributed by atoms with Crippen molar-refractivity contribution in [3.05, 3.63) is 0 Å². The van der Waals surface area contributed by atoms with Gasteiger partial charge in [-0.05, 0) is 120 Å². The van der Waals surface area contributed by atoms with Crippen LogP contribution in [0.25, 0.3) is 0 Å². The van der Waals surface area contributed by atoms with Gasteiger partial charge in [-0.25, -0.2) is 0 Å². The maximum Gasteiger partial charge on any atom is 0.143 e. The van der Waals surface area contributed by atoms with Crippen LogP contribution < -0.4 is 0 Å². The molecule has 76 heavy (non-hydrogen) atoms. The molecular weight excluding hydrogens is 917 g/mol. The molecule has 1 atom stereocenters. The molecule has 0 heterocycles. The van der Waals surface area contributed by atoms with Crippen LogP contribution in [0.2, 0.25) is 0 Å².